The van der Waals surface area contributed by atoms with E-state index in [1.807, 2.05) is 36.4 Å². The zero-order valence-electron chi connectivity index (χ0n) is 11.7. The highest BCUT2D eigenvalue weighted by Crippen LogP contribution is 2.32. The van der Waals surface area contributed by atoms with Gasteiger partial charge in [-0.05, 0) is 24.7 Å². The lowest BCUT2D eigenvalue weighted by molar-refractivity contribution is -0.123. The molecular formula is C15H18N2OS2. The summed E-state index contributed by atoms with van der Waals surface area (Å²) in [6.07, 6.45) is 1.90. The average molecular weight is 306 g/mol. The van der Waals surface area contributed by atoms with Gasteiger partial charge >= 0.3 is 0 Å². The highest BCUT2D eigenvalue weighted by Gasteiger charge is 2.32. The van der Waals surface area contributed by atoms with Crippen LogP contribution in [0.2, 0.25) is 0 Å². The minimum atomic E-state index is 0.00996. The van der Waals surface area contributed by atoms with Crippen LogP contribution in [0.1, 0.15) is 19.4 Å². The Morgan fingerprint density at radius 1 is 1.25 bits per heavy atom. The van der Waals surface area contributed by atoms with Gasteiger partial charge in [0.05, 0.1) is 11.6 Å². The van der Waals surface area contributed by atoms with E-state index in [2.05, 4.69) is 18.7 Å². The second-order valence-corrected chi connectivity index (χ2v) is 6.14. The monoisotopic (exact) mass is 306 g/mol. The minimum absolute atomic E-state index is 0.00996. The number of thiocarbonyl (C=S) groups is 1. The summed E-state index contributed by atoms with van der Waals surface area (Å²) in [5.41, 5.74) is 1.02. The van der Waals surface area contributed by atoms with Gasteiger partial charge in [0.15, 0.2) is 0 Å². The molecule has 0 bridgehead atoms. The third-order valence-electron chi connectivity index (χ3n) is 3.21. The van der Waals surface area contributed by atoms with Crippen LogP contribution in [0.5, 0.6) is 0 Å². The van der Waals surface area contributed by atoms with Crippen LogP contribution in [0, 0.1) is 0 Å². The highest BCUT2D eigenvalue weighted by molar-refractivity contribution is 8.26. The molecule has 1 fully saturated rings. The first-order valence-electron chi connectivity index (χ1n) is 6.68. The largest absolute Gasteiger partial charge is 0.286 e. The summed E-state index contributed by atoms with van der Waals surface area (Å²) in [5.74, 6) is 0.00996. The molecule has 1 heterocycles. The topological polar surface area (TPSA) is 23.6 Å². The Labute approximate surface area is 129 Å². The van der Waals surface area contributed by atoms with Crippen LogP contribution in [-0.2, 0) is 4.79 Å². The molecule has 0 atom stereocenters. The van der Waals surface area contributed by atoms with E-state index in [1.165, 1.54) is 11.8 Å². The molecule has 2 rings (SSSR count). The van der Waals surface area contributed by atoms with E-state index >= 15 is 0 Å². The first-order chi connectivity index (χ1) is 9.65. The van der Waals surface area contributed by atoms with Gasteiger partial charge in [-0.15, -0.1) is 0 Å². The maximum Gasteiger partial charge on any atom is 0.267 e. The molecule has 0 aliphatic carbocycles. The Kier molecular flexibility index (Phi) is 5.34. The van der Waals surface area contributed by atoms with Gasteiger partial charge in [-0.25, -0.2) is 0 Å². The van der Waals surface area contributed by atoms with Crippen molar-refractivity contribution in [2.45, 2.75) is 13.8 Å². The Bertz CT molecular complexity index is 524. The summed E-state index contributed by atoms with van der Waals surface area (Å²) < 4.78 is 0.643. The van der Waals surface area contributed by atoms with Crippen molar-refractivity contribution in [3.05, 3.63) is 40.8 Å². The van der Waals surface area contributed by atoms with Gasteiger partial charge < -0.3 is 0 Å². The van der Waals surface area contributed by atoms with E-state index in [9.17, 15) is 4.79 Å². The molecule has 5 heteroatoms. The van der Waals surface area contributed by atoms with Gasteiger partial charge in [0.2, 0.25) is 0 Å². The fraction of sp³-hybridized carbons (Fsp3) is 0.333. The predicted octanol–water partition coefficient (Wildman–Crippen LogP) is 3.19. The summed E-state index contributed by atoms with van der Waals surface area (Å²) in [6, 6.07) is 9.85. The smallest absolute Gasteiger partial charge is 0.267 e. The van der Waals surface area contributed by atoms with Crippen molar-refractivity contribution in [3.8, 4) is 0 Å². The number of nitrogens with zero attached hydrogens (tertiary/aromatic N) is 2. The number of hydrogen-bond donors (Lipinski definition) is 0. The molecule has 20 heavy (non-hydrogen) atoms. The molecule has 1 aromatic carbocycles. The van der Waals surface area contributed by atoms with Crippen LogP contribution < -0.4 is 0 Å². The molecule has 1 saturated heterocycles. The maximum absolute atomic E-state index is 12.4. The zero-order valence-corrected chi connectivity index (χ0v) is 13.3. The number of benzene rings is 1. The van der Waals surface area contributed by atoms with Crippen LogP contribution in [0.25, 0.3) is 6.08 Å². The summed E-state index contributed by atoms with van der Waals surface area (Å²) in [5, 5.41) is 0. The van der Waals surface area contributed by atoms with Gasteiger partial charge in [0.1, 0.15) is 4.32 Å². The molecule has 0 aromatic heterocycles. The Hall–Kier alpha value is -1.17. The molecule has 3 nitrogen and oxygen atoms in total. The molecule has 0 radical (unpaired) electrons. The van der Waals surface area contributed by atoms with Crippen molar-refractivity contribution in [1.29, 1.82) is 0 Å². The van der Waals surface area contributed by atoms with Gasteiger partial charge in [-0.1, -0.05) is 68.2 Å². The van der Waals surface area contributed by atoms with E-state index in [0.29, 0.717) is 15.9 Å². The van der Waals surface area contributed by atoms with E-state index in [-0.39, 0.29) is 5.91 Å². The Balaban J connectivity index is 2.14. The number of hydrogen-bond acceptors (Lipinski definition) is 4. The standard InChI is InChI=1S/C15H18N2OS2/c1-3-16(4-2)11-17-14(18)13(20-15(17)19)10-12-8-6-5-7-9-12/h5-10H,3-4,11H2,1-2H3/b13-10-. The van der Waals surface area contributed by atoms with Gasteiger partial charge in [-0.2, -0.15) is 0 Å². The first kappa shape index (κ1) is 15.2. The molecular weight excluding hydrogens is 288 g/mol. The van der Waals surface area contributed by atoms with E-state index < -0.39 is 0 Å². The fourth-order valence-electron chi connectivity index (χ4n) is 1.95. The highest BCUT2D eigenvalue weighted by atomic mass is 32.2. The molecule has 0 saturated carbocycles. The number of carbonyl (C=O) groups excluding carboxylic acids is 1. The Morgan fingerprint density at radius 2 is 1.90 bits per heavy atom. The zero-order chi connectivity index (χ0) is 14.5. The van der Waals surface area contributed by atoms with E-state index in [1.54, 1.807) is 4.90 Å². The van der Waals surface area contributed by atoms with Crippen molar-refractivity contribution >= 4 is 40.3 Å². The third-order valence-corrected chi connectivity index (χ3v) is 4.58. The molecule has 0 spiro atoms. The van der Waals surface area contributed by atoms with Crippen molar-refractivity contribution in [1.82, 2.24) is 9.80 Å². The minimum Gasteiger partial charge on any atom is -0.286 e. The molecule has 1 aliphatic heterocycles. The van der Waals surface area contributed by atoms with Crippen LogP contribution in [0.3, 0.4) is 0 Å². The lowest BCUT2D eigenvalue weighted by atomic mass is 10.2. The van der Waals surface area contributed by atoms with Gasteiger partial charge in [0.25, 0.3) is 5.91 Å². The van der Waals surface area contributed by atoms with E-state index in [4.69, 9.17) is 12.2 Å². The molecule has 1 aromatic rings. The first-order valence-corrected chi connectivity index (χ1v) is 7.91. The predicted molar refractivity (Wildman–Crippen MR) is 89.2 cm³/mol. The van der Waals surface area contributed by atoms with Crippen LogP contribution in [-0.4, -0.2) is 39.8 Å². The number of amides is 1. The molecule has 0 unspecified atom stereocenters. The molecule has 0 N–H and O–H groups in total. The third kappa shape index (κ3) is 3.48. The maximum atomic E-state index is 12.4. The fourth-order valence-corrected chi connectivity index (χ4v) is 3.19. The van der Waals surface area contributed by atoms with Crippen molar-refractivity contribution < 1.29 is 4.79 Å². The normalized spacial score (nSPS) is 17.6. The summed E-state index contributed by atoms with van der Waals surface area (Å²) >= 11 is 6.71. The molecule has 106 valence electrons. The Morgan fingerprint density at radius 3 is 2.50 bits per heavy atom. The molecule has 1 amide bonds. The lowest BCUT2D eigenvalue weighted by Gasteiger charge is -2.24. The SMILES string of the molecule is CCN(CC)CN1C(=O)/C(=C/c2ccccc2)SC1=S. The summed E-state index contributed by atoms with van der Waals surface area (Å²) in [7, 11) is 0. The van der Waals surface area contributed by atoms with Crippen molar-refractivity contribution in [2.75, 3.05) is 19.8 Å². The van der Waals surface area contributed by atoms with Crippen LogP contribution >= 0.6 is 24.0 Å². The second kappa shape index (κ2) is 7.02. The number of thioether (sulfide) groups is 1. The second-order valence-electron chi connectivity index (χ2n) is 4.47. The quantitative estimate of drug-likeness (QED) is 0.616. The summed E-state index contributed by atoms with van der Waals surface area (Å²) in [4.78, 5) is 17.0. The lowest BCUT2D eigenvalue weighted by Crippen LogP contribution is -2.40. The van der Waals surface area contributed by atoms with Gasteiger partial charge in [-0.3, -0.25) is 14.6 Å². The van der Waals surface area contributed by atoms with Crippen molar-refractivity contribution in [2.24, 2.45) is 0 Å². The van der Waals surface area contributed by atoms with Gasteiger partial charge in [0, 0.05) is 0 Å². The van der Waals surface area contributed by atoms with E-state index in [0.717, 1.165) is 18.7 Å². The van der Waals surface area contributed by atoms with Crippen LogP contribution in [0.4, 0.5) is 0 Å². The molecule has 1 aliphatic rings. The van der Waals surface area contributed by atoms with Crippen molar-refractivity contribution in [3.63, 3.8) is 0 Å². The number of rotatable bonds is 5. The summed E-state index contributed by atoms with van der Waals surface area (Å²) in [6.45, 7) is 6.56. The number of carbonyl (C=O) groups is 1. The van der Waals surface area contributed by atoms with Crippen LogP contribution in [0.15, 0.2) is 35.2 Å². The average Bonchev–Trinajstić information content (AvgIpc) is 2.72.